The first-order chi connectivity index (χ1) is 12.9. The van der Waals surface area contributed by atoms with Gasteiger partial charge in [0.2, 0.25) is 0 Å². The van der Waals surface area contributed by atoms with E-state index in [0.717, 1.165) is 54.5 Å². The molecule has 0 atom stereocenters. The maximum Gasteiger partial charge on any atom is 0.257 e. The fraction of sp³-hybridized carbons (Fsp3) is 0.600. The summed E-state index contributed by atoms with van der Waals surface area (Å²) in [6, 6.07) is 2.04. The zero-order valence-electron chi connectivity index (χ0n) is 16.6. The number of rotatable bonds is 4. The summed E-state index contributed by atoms with van der Waals surface area (Å²) in [6.45, 7) is 9.23. The van der Waals surface area contributed by atoms with Crippen LogP contribution in [0.5, 0.6) is 0 Å². The van der Waals surface area contributed by atoms with Crippen LogP contribution in [0.3, 0.4) is 0 Å². The maximum atomic E-state index is 13.0. The quantitative estimate of drug-likeness (QED) is 0.829. The Bertz CT molecular complexity index is 846. The first-order valence-electron chi connectivity index (χ1n) is 9.85. The van der Waals surface area contributed by atoms with Gasteiger partial charge < -0.3 is 9.80 Å². The minimum atomic E-state index is 0.117. The average molecular weight is 368 g/mol. The Hall–Kier alpha value is -2.44. The van der Waals surface area contributed by atoms with Crippen LogP contribution in [0.1, 0.15) is 66.1 Å². The van der Waals surface area contributed by atoms with Crippen molar-refractivity contribution >= 4 is 11.7 Å². The van der Waals surface area contributed by atoms with Crippen LogP contribution < -0.4 is 4.90 Å². The normalized spacial score (nSPS) is 17.7. The lowest BCUT2D eigenvalue weighted by Crippen LogP contribution is -2.49. The van der Waals surface area contributed by atoms with Gasteiger partial charge in [0, 0.05) is 63.0 Å². The average Bonchev–Trinajstić information content (AvgIpc) is 3.42. The van der Waals surface area contributed by atoms with E-state index in [0.29, 0.717) is 24.9 Å². The highest BCUT2D eigenvalue weighted by Crippen LogP contribution is 2.41. The summed E-state index contributed by atoms with van der Waals surface area (Å²) in [5.74, 6) is 2.75. The fourth-order valence-corrected chi connectivity index (χ4v) is 3.63. The summed E-state index contributed by atoms with van der Waals surface area (Å²) in [5, 5.41) is 4.53. The van der Waals surface area contributed by atoms with E-state index < -0.39 is 0 Å². The molecule has 27 heavy (non-hydrogen) atoms. The lowest BCUT2D eigenvalue weighted by molar-refractivity contribution is 0.0745. The molecule has 1 amide bonds. The fourth-order valence-electron chi connectivity index (χ4n) is 3.63. The van der Waals surface area contributed by atoms with E-state index in [-0.39, 0.29) is 5.91 Å². The highest BCUT2D eigenvalue weighted by atomic mass is 16.2. The van der Waals surface area contributed by atoms with Crippen LogP contribution in [0, 0.1) is 6.92 Å². The van der Waals surface area contributed by atoms with Gasteiger partial charge in [-0.2, -0.15) is 5.10 Å². The number of carbonyl (C=O) groups excluding carboxylic acids is 1. The molecule has 1 saturated heterocycles. The molecule has 2 fully saturated rings. The largest absolute Gasteiger partial charge is 0.353 e. The van der Waals surface area contributed by atoms with Gasteiger partial charge in [0.15, 0.2) is 0 Å². The van der Waals surface area contributed by atoms with E-state index in [2.05, 4.69) is 28.8 Å². The van der Waals surface area contributed by atoms with Crippen molar-refractivity contribution < 1.29 is 4.79 Å². The van der Waals surface area contributed by atoms with Crippen LogP contribution in [-0.4, -0.2) is 56.7 Å². The third-order valence-electron chi connectivity index (χ3n) is 5.32. The minimum Gasteiger partial charge on any atom is -0.353 e. The first kappa shape index (κ1) is 17.9. The van der Waals surface area contributed by atoms with Crippen LogP contribution in [-0.2, 0) is 7.05 Å². The summed E-state index contributed by atoms with van der Waals surface area (Å²) in [7, 11) is 1.89. The summed E-state index contributed by atoms with van der Waals surface area (Å²) in [5.41, 5.74) is 2.76. The van der Waals surface area contributed by atoms with Gasteiger partial charge in [0.25, 0.3) is 5.91 Å². The van der Waals surface area contributed by atoms with E-state index >= 15 is 0 Å². The predicted molar refractivity (Wildman–Crippen MR) is 104 cm³/mol. The number of aromatic nitrogens is 4. The van der Waals surface area contributed by atoms with Gasteiger partial charge in [-0.1, -0.05) is 13.8 Å². The number of hydrogen-bond donors (Lipinski definition) is 0. The van der Waals surface area contributed by atoms with Gasteiger partial charge in [-0.25, -0.2) is 9.97 Å². The van der Waals surface area contributed by atoms with Gasteiger partial charge in [-0.3, -0.25) is 9.48 Å². The molecule has 3 heterocycles. The summed E-state index contributed by atoms with van der Waals surface area (Å²) in [6.07, 6.45) is 4.18. The predicted octanol–water partition coefficient (Wildman–Crippen LogP) is 2.48. The number of carbonyl (C=O) groups is 1. The minimum absolute atomic E-state index is 0.117. The summed E-state index contributed by atoms with van der Waals surface area (Å²) in [4.78, 5) is 26.5. The van der Waals surface area contributed by atoms with Crippen LogP contribution in [0.2, 0.25) is 0 Å². The van der Waals surface area contributed by atoms with Gasteiger partial charge >= 0.3 is 0 Å². The van der Waals surface area contributed by atoms with Crippen molar-refractivity contribution in [2.45, 2.75) is 45.4 Å². The Labute approximate surface area is 160 Å². The SMILES string of the molecule is Cc1cc(N2CCN(C(=O)c3cn(C)nc3C3CC3)CC2)nc(C(C)C)n1. The molecule has 1 saturated carbocycles. The van der Waals surface area contributed by atoms with Gasteiger partial charge in [-0.15, -0.1) is 0 Å². The first-order valence-corrected chi connectivity index (χ1v) is 9.85. The third kappa shape index (κ3) is 3.68. The molecular formula is C20H28N6O. The number of nitrogens with zero attached hydrogens (tertiary/aromatic N) is 6. The monoisotopic (exact) mass is 368 g/mol. The molecule has 2 aliphatic rings. The summed E-state index contributed by atoms with van der Waals surface area (Å²) >= 11 is 0. The molecule has 0 aromatic carbocycles. The lowest BCUT2D eigenvalue weighted by Gasteiger charge is -2.35. The molecule has 0 bridgehead atoms. The van der Waals surface area contributed by atoms with Gasteiger partial charge in [0.05, 0.1) is 11.3 Å². The zero-order chi connectivity index (χ0) is 19.1. The van der Waals surface area contributed by atoms with Gasteiger partial charge in [0.1, 0.15) is 11.6 Å². The second-order valence-electron chi connectivity index (χ2n) is 8.04. The van der Waals surface area contributed by atoms with Crippen molar-refractivity contribution in [2.24, 2.45) is 7.05 Å². The number of hydrogen-bond acceptors (Lipinski definition) is 5. The molecule has 1 aliphatic carbocycles. The lowest BCUT2D eigenvalue weighted by atomic mass is 10.1. The number of anilines is 1. The van der Waals surface area contributed by atoms with E-state index in [1.807, 2.05) is 31.1 Å². The van der Waals surface area contributed by atoms with Crippen molar-refractivity contribution in [1.29, 1.82) is 0 Å². The maximum absolute atomic E-state index is 13.0. The Morgan fingerprint density at radius 3 is 2.48 bits per heavy atom. The van der Waals surface area contributed by atoms with Crippen molar-refractivity contribution in [2.75, 3.05) is 31.1 Å². The molecule has 144 valence electrons. The molecule has 2 aromatic rings. The number of piperazine rings is 1. The highest BCUT2D eigenvalue weighted by molar-refractivity contribution is 5.95. The van der Waals surface area contributed by atoms with E-state index in [1.165, 1.54) is 0 Å². The van der Waals surface area contributed by atoms with Crippen molar-refractivity contribution in [3.63, 3.8) is 0 Å². The van der Waals surface area contributed by atoms with E-state index in [1.54, 1.807) is 4.68 Å². The van der Waals surface area contributed by atoms with Crippen LogP contribution in [0.25, 0.3) is 0 Å². The van der Waals surface area contributed by atoms with Crippen LogP contribution in [0.4, 0.5) is 5.82 Å². The molecule has 0 unspecified atom stereocenters. The number of amides is 1. The molecule has 0 spiro atoms. The topological polar surface area (TPSA) is 67.2 Å². The molecule has 4 rings (SSSR count). The second kappa shape index (κ2) is 6.94. The van der Waals surface area contributed by atoms with Crippen LogP contribution >= 0.6 is 0 Å². The van der Waals surface area contributed by atoms with E-state index in [4.69, 9.17) is 4.98 Å². The molecule has 0 N–H and O–H groups in total. The van der Waals surface area contributed by atoms with E-state index in [9.17, 15) is 4.79 Å². The molecular weight excluding hydrogens is 340 g/mol. The zero-order valence-corrected chi connectivity index (χ0v) is 16.6. The molecule has 7 heteroatoms. The third-order valence-corrected chi connectivity index (χ3v) is 5.32. The Morgan fingerprint density at radius 1 is 1.15 bits per heavy atom. The van der Waals surface area contributed by atoms with Crippen molar-refractivity contribution in [3.8, 4) is 0 Å². The molecule has 0 radical (unpaired) electrons. The van der Waals surface area contributed by atoms with Crippen molar-refractivity contribution in [1.82, 2.24) is 24.6 Å². The van der Waals surface area contributed by atoms with Crippen LogP contribution in [0.15, 0.2) is 12.3 Å². The van der Waals surface area contributed by atoms with Crippen molar-refractivity contribution in [3.05, 3.63) is 35.0 Å². The molecule has 2 aromatic heterocycles. The second-order valence-corrected chi connectivity index (χ2v) is 8.04. The summed E-state index contributed by atoms with van der Waals surface area (Å²) < 4.78 is 1.77. The Kier molecular flexibility index (Phi) is 4.61. The molecule has 1 aliphatic heterocycles. The number of aryl methyl sites for hydroxylation is 2. The smallest absolute Gasteiger partial charge is 0.257 e. The highest BCUT2D eigenvalue weighted by Gasteiger charge is 2.33. The Balaban J connectivity index is 1.46. The standard InChI is InChI=1S/C20H28N6O/c1-13(2)19-21-14(3)11-17(22-19)25-7-9-26(10-8-25)20(27)16-12-24(4)23-18(16)15-5-6-15/h11-13,15H,5-10H2,1-4H3. The molecule has 7 nitrogen and oxygen atoms in total. The Morgan fingerprint density at radius 2 is 1.85 bits per heavy atom. The van der Waals surface area contributed by atoms with Gasteiger partial charge in [-0.05, 0) is 19.8 Å².